The lowest BCUT2D eigenvalue weighted by molar-refractivity contribution is 0.763. The molecule has 1 rings (SSSR count). The highest BCUT2D eigenvalue weighted by Crippen LogP contribution is 2.17. The zero-order valence-electron chi connectivity index (χ0n) is 12.9. The molecule has 1 aromatic rings. The summed E-state index contributed by atoms with van der Waals surface area (Å²) in [6.45, 7) is 10.9. The molecule has 0 heterocycles. The molecule has 0 spiro atoms. The van der Waals surface area contributed by atoms with Gasteiger partial charge in [-0.2, -0.15) is 0 Å². The minimum Gasteiger partial charge on any atom is -0.383 e. The van der Waals surface area contributed by atoms with E-state index in [0.717, 1.165) is 19.4 Å². The summed E-state index contributed by atoms with van der Waals surface area (Å²) in [5.74, 6) is 0. The first-order valence-corrected chi connectivity index (χ1v) is 6.85. The molecule has 106 valence electrons. The van der Waals surface area contributed by atoms with Gasteiger partial charge in [0.05, 0.1) is 0 Å². The molecule has 0 aliphatic carbocycles. The molecule has 0 unspecified atom stereocenters. The van der Waals surface area contributed by atoms with Crippen LogP contribution < -0.4 is 21.1 Å². The van der Waals surface area contributed by atoms with E-state index in [1.54, 1.807) is 7.05 Å². The quantitative estimate of drug-likeness (QED) is 0.823. The number of rotatable bonds is 5. The Morgan fingerprint density at radius 2 is 1.56 bits per heavy atom. The summed E-state index contributed by atoms with van der Waals surface area (Å²) in [5.41, 5.74) is 0.221. The highest BCUT2D eigenvalue weighted by atomic mass is 16.2. The van der Waals surface area contributed by atoms with Crippen LogP contribution in [0.25, 0.3) is 0 Å². The van der Waals surface area contributed by atoms with Gasteiger partial charge in [0.25, 0.3) is 10.9 Å². The maximum absolute atomic E-state index is 11.2. The lowest BCUT2D eigenvalue weighted by atomic mass is 10.1. The van der Waals surface area contributed by atoms with Crippen LogP contribution in [-0.4, -0.2) is 20.6 Å². The van der Waals surface area contributed by atoms with Crippen LogP contribution in [-0.2, 0) is 0 Å². The van der Waals surface area contributed by atoms with Crippen molar-refractivity contribution in [3.63, 3.8) is 0 Å². The van der Waals surface area contributed by atoms with Gasteiger partial charge in [0.2, 0.25) is 0 Å². The van der Waals surface area contributed by atoms with Crippen LogP contribution in [0.15, 0.2) is 9.59 Å². The van der Waals surface area contributed by atoms with Gasteiger partial charge < -0.3 is 10.2 Å². The Kier molecular flexibility index (Phi) is 11.4. The summed E-state index contributed by atoms with van der Waals surface area (Å²) >= 11 is 0. The molecule has 4 heteroatoms. The molecule has 0 aromatic heterocycles. The third kappa shape index (κ3) is 4.51. The van der Waals surface area contributed by atoms with Crippen LogP contribution in [0, 0.1) is 0 Å². The predicted octanol–water partition coefficient (Wildman–Crippen LogP) is 2.61. The van der Waals surface area contributed by atoms with Gasteiger partial charge in [0.1, 0.15) is 11.4 Å². The summed E-state index contributed by atoms with van der Waals surface area (Å²) in [6.07, 6.45) is 2.10. The maximum atomic E-state index is 11.2. The van der Waals surface area contributed by atoms with Crippen molar-refractivity contribution in [2.24, 2.45) is 0 Å². The van der Waals surface area contributed by atoms with Crippen LogP contribution in [0.3, 0.4) is 0 Å². The van der Waals surface area contributed by atoms with Crippen LogP contribution in [0.2, 0.25) is 0 Å². The first kappa shape index (κ1) is 19.0. The van der Waals surface area contributed by atoms with Gasteiger partial charge in [-0.3, -0.25) is 9.59 Å². The lowest BCUT2D eigenvalue weighted by Crippen LogP contribution is -2.41. The van der Waals surface area contributed by atoms with E-state index in [-0.39, 0.29) is 5.43 Å². The van der Waals surface area contributed by atoms with Gasteiger partial charge in [-0.15, -0.1) is 0 Å². The minimum absolute atomic E-state index is 0.368. The zero-order chi connectivity index (χ0) is 14.7. The number of anilines is 2. The van der Waals surface area contributed by atoms with Crippen molar-refractivity contribution in [2.45, 2.75) is 47.5 Å². The van der Waals surface area contributed by atoms with E-state index in [1.807, 2.05) is 39.6 Å². The predicted molar refractivity (Wildman–Crippen MR) is 81.8 cm³/mol. The Morgan fingerprint density at radius 1 is 1.06 bits per heavy atom. The fourth-order valence-corrected chi connectivity index (χ4v) is 1.48. The molecule has 0 atom stereocenters. The van der Waals surface area contributed by atoms with Crippen molar-refractivity contribution in [3.8, 4) is 0 Å². The standard InChI is InChI=1S/C10H16N2O2.2C2H6/c1-4-5-6-12(3)8-7(11-2)9(13)10(8)14;2*1-2/h11H,4-6H2,1-3H3;2*1-2H3. The summed E-state index contributed by atoms with van der Waals surface area (Å²) in [7, 11) is 3.50. The second-order valence-electron chi connectivity index (χ2n) is 3.41. The fraction of sp³-hybridized carbons (Fsp3) is 0.714. The summed E-state index contributed by atoms with van der Waals surface area (Å²) in [6, 6.07) is 0. The summed E-state index contributed by atoms with van der Waals surface area (Å²) < 4.78 is 0. The summed E-state index contributed by atoms with van der Waals surface area (Å²) in [4.78, 5) is 24.2. The van der Waals surface area contributed by atoms with Gasteiger partial charge in [0.15, 0.2) is 0 Å². The van der Waals surface area contributed by atoms with Crippen LogP contribution in [0.1, 0.15) is 47.5 Å². The average Bonchev–Trinajstić information content (AvgIpc) is 2.45. The average molecular weight is 256 g/mol. The van der Waals surface area contributed by atoms with E-state index in [2.05, 4.69) is 12.2 Å². The molecule has 0 aliphatic rings. The molecule has 0 radical (unpaired) electrons. The van der Waals surface area contributed by atoms with Crippen molar-refractivity contribution >= 4 is 11.4 Å². The van der Waals surface area contributed by atoms with E-state index in [1.165, 1.54) is 0 Å². The molecule has 18 heavy (non-hydrogen) atoms. The van der Waals surface area contributed by atoms with E-state index in [4.69, 9.17) is 0 Å². The van der Waals surface area contributed by atoms with E-state index < -0.39 is 5.43 Å². The maximum Gasteiger partial charge on any atom is 0.253 e. The van der Waals surface area contributed by atoms with Crippen LogP contribution in [0.4, 0.5) is 11.4 Å². The normalized spacial score (nSPS) is 8.83. The topological polar surface area (TPSA) is 49.4 Å². The van der Waals surface area contributed by atoms with Crippen molar-refractivity contribution in [3.05, 3.63) is 20.4 Å². The lowest BCUT2D eigenvalue weighted by Gasteiger charge is -2.22. The smallest absolute Gasteiger partial charge is 0.253 e. The van der Waals surface area contributed by atoms with E-state index in [9.17, 15) is 9.59 Å². The van der Waals surface area contributed by atoms with Crippen molar-refractivity contribution in [1.82, 2.24) is 0 Å². The van der Waals surface area contributed by atoms with E-state index in [0.29, 0.717) is 11.4 Å². The van der Waals surface area contributed by atoms with Gasteiger partial charge in [-0.25, -0.2) is 0 Å². The van der Waals surface area contributed by atoms with Gasteiger partial charge in [-0.1, -0.05) is 41.0 Å². The first-order valence-electron chi connectivity index (χ1n) is 6.85. The van der Waals surface area contributed by atoms with Gasteiger partial charge in [0, 0.05) is 20.6 Å². The molecule has 0 saturated carbocycles. The van der Waals surface area contributed by atoms with Gasteiger partial charge in [-0.05, 0) is 6.42 Å². The number of unbranched alkanes of at least 4 members (excludes halogenated alkanes) is 1. The minimum atomic E-state index is -0.397. The molecule has 0 fully saturated rings. The van der Waals surface area contributed by atoms with Crippen molar-refractivity contribution < 1.29 is 0 Å². The molecule has 1 aromatic carbocycles. The molecular formula is C14H28N2O2. The fourth-order valence-electron chi connectivity index (χ4n) is 1.48. The number of hydrogen-bond donors (Lipinski definition) is 1. The number of hydrogen-bond acceptors (Lipinski definition) is 4. The van der Waals surface area contributed by atoms with Crippen LogP contribution in [0.5, 0.6) is 0 Å². The number of nitrogens with one attached hydrogen (secondary N) is 1. The monoisotopic (exact) mass is 256 g/mol. The van der Waals surface area contributed by atoms with Crippen molar-refractivity contribution in [2.75, 3.05) is 30.9 Å². The Labute approximate surface area is 111 Å². The summed E-state index contributed by atoms with van der Waals surface area (Å²) in [5, 5.41) is 2.76. The van der Waals surface area contributed by atoms with Crippen molar-refractivity contribution in [1.29, 1.82) is 0 Å². The second-order valence-corrected chi connectivity index (χ2v) is 3.41. The molecule has 0 saturated heterocycles. The van der Waals surface area contributed by atoms with Crippen LogP contribution >= 0.6 is 0 Å². The Hall–Kier alpha value is -1.32. The Bertz CT molecular complexity index is 379. The first-order chi connectivity index (χ1) is 8.63. The van der Waals surface area contributed by atoms with E-state index >= 15 is 0 Å². The molecule has 1 N–H and O–H groups in total. The largest absolute Gasteiger partial charge is 0.383 e. The van der Waals surface area contributed by atoms with Gasteiger partial charge >= 0.3 is 0 Å². The molecule has 0 bridgehead atoms. The third-order valence-corrected chi connectivity index (χ3v) is 2.36. The zero-order valence-corrected chi connectivity index (χ0v) is 12.9. The second kappa shape index (κ2) is 10.8. The molecule has 0 amide bonds. The number of nitrogens with zero attached hydrogens (tertiary/aromatic N) is 1. The highest BCUT2D eigenvalue weighted by molar-refractivity contribution is 5.74. The molecular weight excluding hydrogens is 228 g/mol. The molecule has 0 aliphatic heterocycles. The Balaban J connectivity index is 0. The Morgan fingerprint density at radius 3 is 1.94 bits per heavy atom. The third-order valence-electron chi connectivity index (χ3n) is 2.36. The molecule has 4 nitrogen and oxygen atoms in total. The highest BCUT2D eigenvalue weighted by Gasteiger charge is 2.22. The SMILES string of the molecule is CC.CC.CCCCN(C)c1c(NC)c(=O)c1=O.